The molecule has 3 rings (SSSR count). The Balaban J connectivity index is 1.58. The van der Waals surface area contributed by atoms with Crippen molar-refractivity contribution in [2.75, 3.05) is 33.3 Å². The van der Waals surface area contributed by atoms with Gasteiger partial charge in [0.05, 0.1) is 25.4 Å². The molecule has 21 heavy (non-hydrogen) atoms. The normalized spacial score (nSPS) is 22.0. The van der Waals surface area contributed by atoms with Gasteiger partial charge in [0.25, 0.3) is 5.91 Å². The molecule has 0 bridgehead atoms. The minimum absolute atomic E-state index is 0.0766. The maximum Gasteiger partial charge on any atom is 0.407 e. The molecule has 2 amide bonds. The summed E-state index contributed by atoms with van der Waals surface area (Å²) in [5.41, 5.74) is 0.348. The first-order valence-corrected chi connectivity index (χ1v) is 6.93. The van der Waals surface area contributed by atoms with Crippen LogP contribution >= 0.6 is 0 Å². The molecule has 114 valence electrons. The second-order valence-corrected chi connectivity index (χ2v) is 5.27. The number of hydrogen-bond acceptors (Lipinski definition) is 6. The van der Waals surface area contributed by atoms with Crippen LogP contribution in [0.5, 0.6) is 0 Å². The van der Waals surface area contributed by atoms with E-state index in [1.807, 2.05) is 0 Å². The summed E-state index contributed by atoms with van der Waals surface area (Å²) in [4.78, 5) is 25.2. The van der Waals surface area contributed by atoms with E-state index in [4.69, 9.17) is 0 Å². The number of likely N-dealkylation sites (tertiary alicyclic amines) is 1. The van der Waals surface area contributed by atoms with E-state index >= 15 is 0 Å². The van der Waals surface area contributed by atoms with Crippen molar-refractivity contribution >= 4 is 12.0 Å². The number of carbonyl (C=O) groups is 2. The number of rotatable bonds is 3. The van der Waals surface area contributed by atoms with E-state index in [0.717, 1.165) is 13.1 Å². The van der Waals surface area contributed by atoms with E-state index in [9.17, 15) is 9.59 Å². The quantitative estimate of drug-likeness (QED) is 0.741. The van der Waals surface area contributed by atoms with Crippen LogP contribution in [-0.4, -0.2) is 71.2 Å². The first-order chi connectivity index (χ1) is 10.2. The highest BCUT2D eigenvalue weighted by atomic mass is 16.5. The van der Waals surface area contributed by atoms with Crippen molar-refractivity contribution in [1.82, 2.24) is 30.5 Å². The number of alkyl carbamates (subject to hydrolysis) is 1. The molecule has 2 saturated heterocycles. The SMILES string of the molecule is COC(=O)NC1CCN(C(=O)c2cn(C3CNC3)nn2)C1. The van der Waals surface area contributed by atoms with Crippen LogP contribution in [0.15, 0.2) is 6.20 Å². The molecule has 0 radical (unpaired) electrons. The van der Waals surface area contributed by atoms with Crippen molar-refractivity contribution < 1.29 is 14.3 Å². The summed E-state index contributed by atoms with van der Waals surface area (Å²) in [6.45, 7) is 2.76. The molecular formula is C12H18N6O3. The number of aromatic nitrogens is 3. The lowest BCUT2D eigenvalue weighted by Crippen LogP contribution is -2.43. The highest BCUT2D eigenvalue weighted by Gasteiger charge is 2.30. The standard InChI is InChI=1S/C12H18N6O3/c1-21-12(20)14-8-2-3-17(6-8)11(19)10-7-18(16-15-10)9-4-13-5-9/h7-9,13H,2-6H2,1H3,(H,14,20). The predicted molar refractivity (Wildman–Crippen MR) is 71.8 cm³/mol. The zero-order chi connectivity index (χ0) is 14.8. The molecule has 1 atom stereocenters. The monoisotopic (exact) mass is 294 g/mol. The van der Waals surface area contributed by atoms with Crippen LogP contribution in [0, 0.1) is 0 Å². The van der Waals surface area contributed by atoms with Gasteiger partial charge in [0.1, 0.15) is 0 Å². The van der Waals surface area contributed by atoms with E-state index in [-0.39, 0.29) is 18.0 Å². The number of carbonyl (C=O) groups excluding carboxylic acids is 2. The fourth-order valence-electron chi connectivity index (χ4n) is 2.46. The molecule has 0 aromatic carbocycles. The number of methoxy groups -OCH3 is 1. The van der Waals surface area contributed by atoms with E-state index in [1.54, 1.807) is 15.8 Å². The Kier molecular flexibility index (Phi) is 3.74. The summed E-state index contributed by atoms with van der Waals surface area (Å²) in [6.07, 6.45) is 1.92. The Morgan fingerprint density at radius 1 is 1.48 bits per heavy atom. The van der Waals surface area contributed by atoms with Gasteiger partial charge in [-0.1, -0.05) is 5.21 Å². The Labute approximate surface area is 121 Å². The van der Waals surface area contributed by atoms with Crippen molar-refractivity contribution in [3.63, 3.8) is 0 Å². The molecule has 9 heteroatoms. The Bertz CT molecular complexity index is 541. The van der Waals surface area contributed by atoms with Crippen LogP contribution in [0.4, 0.5) is 4.79 Å². The summed E-state index contributed by atoms with van der Waals surface area (Å²) >= 11 is 0. The summed E-state index contributed by atoms with van der Waals surface area (Å²) in [7, 11) is 1.32. The van der Waals surface area contributed by atoms with Crippen LogP contribution in [-0.2, 0) is 4.74 Å². The summed E-state index contributed by atoms with van der Waals surface area (Å²) in [6, 6.07) is 0.207. The van der Waals surface area contributed by atoms with Gasteiger partial charge in [-0.05, 0) is 6.42 Å². The van der Waals surface area contributed by atoms with E-state index < -0.39 is 6.09 Å². The fraction of sp³-hybridized carbons (Fsp3) is 0.667. The Morgan fingerprint density at radius 2 is 2.29 bits per heavy atom. The molecule has 2 aliphatic rings. The molecule has 2 fully saturated rings. The highest BCUT2D eigenvalue weighted by molar-refractivity contribution is 5.92. The van der Waals surface area contributed by atoms with E-state index in [2.05, 4.69) is 25.7 Å². The van der Waals surface area contributed by atoms with E-state index in [1.165, 1.54) is 7.11 Å². The lowest BCUT2D eigenvalue weighted by atomic mass is 10.2. The van der Waals surface area contributed by atoms with Gasteiger partial charge in [0.15, 0.2) is 5.69 Å². The molecule has 1 aromatic heterocycles. The Morgan fingerprint density at radius 3 is 2.95 bits per heavy atom. The molecule has 2 aliphatic heterocycles. The van der Waals surface area contributed by atoms with Crippen molar-refractivity contribution in [3.05, 3.63) is 11.9 Å². The third kappa shape index (κ3) is 2.82. The lowest BCUT2D eigenvalue weighted by Gasteiger charge is -2.26. The van der Waals surface area contributed by atoms with Gasteiger partial charge < -0.3 is 20.3 Å². The molecule has 0 aliphatic carbocycles. The second kappa shape index (κ2) is 5.68. The first kappa shape index (κ1) is 13.8. The molecule has 1 aromatic rings. The van der Waals surface area contributed by atoms with Gasteiger partial charge in [-0.25, -0.2) is 9.48 Å². The molecule has 9 nitrogen and oxygen atoms in total. The Hall–Kier alpha value is -2.16. The molecule has 1 unspecified atom stereocenters. The third-order valence-corrected chi connectivity index (χ3v) is 3.85. The lowest BCUT2D eigenvalue weighted by molar-refractivity contribution is 0.0782. The smallest absolute Gasteiger partial charge is 0.407 e. The van der Waals surface area contributed by atoms with E-state index in [0.29, 0.717) is 25.2 Å². The second-order valence-electron chi connectivity index (χ2n) is 5.27. The minimum Gasteiger partial charge on any atom is -0.453 e. The maximum absolute atomic E-state index is 12.3. The first-order valence-electron chi connectivity index (χ1n) is 6.93. The zero-order valence-corrected chi connectivity index (χ0v) is 11.8. The molecular weight excluding hydrogens is 276 g/mol. The van der Waals surface area contributed by atoms with Crippen LogP contribution < -0.4 is 10.6 Å². The van der Waals surface area contributed by atoms with Crippen molar-refractivity contribution in [3.8, 4) is 0 Å². The molecule has 3 heterocycles. The minimum atomic E-state index is -0.474. The van der Waals surface area contributed by atoms with Crippen molar-refractivity contribution in [2.24, 2.45) is 0 Å². The van der Waals surface area contributed by atoms with Gasteiger partial charge in [0.2, 0.25) is 0 Å². The van der Waals surface area contributed by atoms with Crippen molar-refractivity contribution in [2.45, 2.75) is 18.5 Å². The van der Waals surface area contributed by atoms with Gasteiger partial charge in [-0.3, -0.25) is 4.79 Å². The number of amides is 2. The van der Waals surface area contributed by atoms with Crippen LogP contribution in [0.1, 0.15) is 23.0 Å². The van der Waals surface area contributed by atoms with Crippen LogP contribution in [0.3, 0.4) is 0 Å². The number of ether oxygens (including phenoxy) is 1. The van der Waals surface area contributed by atoms with Gasteiger partial charge in [-0.15, -0.1) is 5.10 Å². The maximum atomic E-state index is 12.3. The number of nitrogens with zero attached hydrogens (tertiary/aromatic N) is 4. The highest BCUT2D eigenvalue weighted by Crippen LogP contribution is 2.14. The predicted octanol–water partition coefficient (Wildman–Crippen LogP) is -1.01. The molecule has 2 N–H and O–H groups in total. The fourth-order valence-corrected chi connectivity index (χ4v) is 2.46. The zero-order valence-electron chi connectivity index (χ0n) is 11.8. The van der Waals surface area contributed by atoms with Crippen LogP contribution in [0.25, 0.3) is 0 Å². The largest absolute Gasteiger partial charge is 0.453 e. The number of nitrogens with one attached hydrogen (secondary N) is 2. The van der Waals surface area contributed by atoms with Gasteiger partial charge in [-0.2, -0.15) is 0 Å². The van der Waals surface area contributed by atoms with Gasteiger partial charge in [0, 0.05) is 26.2 Å². The summed E-state index contributed by atoms with van der Waals surface area (Å²) < 4.78 is 6.28. The van der Waals surface area contributed by atoms with Crippen molar-refractivity contribution in [1.29, 1.82) is 0 Å². The summed E-state index contributed by atoms with van der Waals surface area (Å²) in [5.74, 6) is -0.150. The molecule has 0 saturated carbocycles. The third-order valence-electron chi connectivity index (χ3n) is 3.85. The average Bonchev–Trinajstić information content (AvgIpc) is 3.05. The summed E-state index contributed by atoms with van der Waals surface area (Å²) in [5, 5.41) is 13.8. The van der Waals surface area contributed by atoms with Gasteiger partial charge >= 0.3 is 6.09 Å². The average molecular weight is 294 g/mol. The molecule has 0 spiro atoms. The van der Waals surface area contributed by atoms with Crippen LogP contribution in [0.2, 0.25) is 0 Å². The topological polar surface area (TPSA) is 101 Å². The number of hydrogen-bond donors (Lipinski definition) is 2.